The van der Waals surface area contributed by atoms with Crippen molar-refractivity contribution in [2.24, 2.45) is 0 Å². The summed E-state index contributed by atoms with van der Waals surface area (Å²) in [5, 5.41) is 10.7. The number of phenolic OH excluding ortho intramolecular Hbond substituents is 1. The predicted molar refractivity (Wildman–Crippen MR) is 94.5 cm³/mol. The molecule has 22 heavy (non-hydrogen) atoms. The number of hydrogen-bond acceptors (Lipinski definition) is 1. The van der Waals surface area contributed by atoms with Crippen LogP contribution in [0.3, 0.4) is 0 Å². The van der Waals surface area contributed by atoms with Crippen LogP contribution in [0.4, 0.5) is 0 Å². The second kappa shape index (κ2) is 5.79. The Morgan fingerprint density at radius 3 is 1.59 bits per heavy atom. The van der Waals surface area contributed by atoms with Crippen LogP contribution in [0.25, 0.3) is 0 Å². The van der Waals surface area contributed by atoms with Gasteiger partial charge < -0.3 is 5.11 Å². The summed E-state index contributed by atoms with van der Waals surface area (Å²) in [7, 11) is 0. The molecule has 2 aromatic rings. The van der Waals surface area contributed by atoms with Gasteiger partial charge in [0.05, 0.1) is 0 Å². The SMILES string of the molecule is CC(C)(C)c1cc([CH]c2ccccc2)cc(C(C)(C)C)c1O. The Hall–Kier alpha value is -1.76. The molecular weight excluding hydrogens is 268 g/mol. The van der Waals surface area contributed by atoms with E-state index in [1.807, 2.05) is 18.2 Å². The fraction of sp³-hybridized carbons (Fsp3) is 0.381. The van der Waals surface area contributed by atoms with Crippen molar-refractivity contribution in [3.8, 4) is 5.75 Å². The fourth-order valence-electron chi connectivity index (χ4n) is 2.63. The van der Waals surface area contributed by atoms with Crippen LogP contribution in [-0.2, 0) is 10.8 Å². The summed E-state index contributed by atoms with van der Waals surface area (Å²) in [4.78, 5) is 0. The molecule has 0 fully saturated rings. The molecule has 0 aromatic heterocycles. The molecule has 1 nitrogen and oxygen atoms in total. The summed E-state index contributed by atoms with van der Waals surface area (Å²) in [5.41, 5.74) is 4.13. The van der Waals surface area contributed by atoms with Gasteiger partial charge in [0.1, 0.15) is 5.75 Å². The van der Waals surface area contributed by atoms with Crippen LogP contribution in [-0.4, -0.2) is 5.11 Å². The highest BCUT2D eigenvalue weighted by Gasteiger charge is 2.26. The normalized spacial score (nSPS) is 12.5. The van der Waals surface area contributed by atoms with Crippen molar-refractivity contribution in [1.82, 2.24) is 0 Å². The predicted octanol–water partition coefficient (Wildman–Crippen LogP) is 5.59. The molecule has 0 aliphatic carbocycles. The summed E-state index contributed by atoms with van der Waals surface area (Å²) in [6.07, 6.45) is 2.17. The lowest BCUT2D eigenvalue weighted by Gasteiger charge is -2.28. The van der Waals surface area contributed by atoms with E-state index in [0.29, 0.717) is 5.75 Å². The van der Waals surface area contributed by atoms with Crippen molar-refractivity contribution in [3.63, 3.8) is 0 Å². The van der Waals surface area contributed by atoms with Crippen LogP contribution < -0.4 is 0 Å². The summed E-state index contributed by atoms with van der Waals surface area (Å²) in [6.45, 7) is 12.8. The van der Waals surface area contributed by atoms with E-state index in [0.717, 1.165) is 16.7 Å². The van der Waals surface area contributed by atoms with Crippen LogP contribution in [0.1, 0.15) is 63.8 Å². The van der Waals surface area contributed by atoms with Crippen LogP contribution >= 0.6 is 0 Å². The van der Waals surface area contributed by atoms with Gasteiger partial charge in [0.2, 0.25) is 0 Å². The van der Waals surface area contributed by atoms with Crippen LogP contribution in [0.5, 0.6) is 5.75 Å². The van der Waals surface area contributed by atoms with E-state index in [1.165, 1.54) is 5.56 Å². The van der Waals surface area contributed by atoms with E-state index < -0.39 is 0 Å². The zero-order valence-electron chi connectivity index (χ0n) is 14.6. The fourth-order valence-corrected chi connectivity index (χ4v) is 2.63. The van der Waals surface area contributed by atoms with E-state index in [2.05, 4.69) is 72.2 Å². The topological polar surface area (TPSA) is 20.2 Å². The molecule has 117 valence electrons. The van der Waals surface area contributed by atoms with Gasteiger partial charge in [-0.05, 0) is 33.1 Å². The van der Waals surface area contributed by atoms with Gasteiger partial charge in [0, 0.05) is 6.42 Å². The van der Waals surface area contributed by atoms with E-state index in [-0.39, 0.29) is 10.8 Å². The van der Waals surface area contributed by atoms with Crippen molar-refractivity contribution < 1.29 is 5.11 Å². The molecule has 1 N–H and O–H groups in total. The number of rotatable bonds is 2. The van der Waals surface area contributed by atoms with E-state index in [4.69, 9.17) is 0 Å². The van der Waals surface area contributed by atoms with Gasteiger partial charge in [-0.15, -0.1) is 0 Å². The molecule has 0 heterocycles. The first-order valence-electron chi connectivity index (χ1n) is 7.87. The Morgan fingerprint density at radius 2 is 1.18 bits per heavy atom. The molecule has 0 unspecified atom stereocenters. The van der Waals surface area contributed by atoms with E-state index in [9.17, 15) is 5.11 Å². The monoisotopic (exact) mass is 295 g/mol. The molecule has 0 aliphatic rings. The van der Waals surface area contributed by atoms with E-state index >= 15 is 0 Å². The first kappa shape index (κ1) is 16.6. The molecular formula is C21H27O. The molecule has 2 aromatic carbocycles. The minimum atomic E-state index is -0.0926. The summed E-state index contributed by atoms with van der Waals surface area (Å²) in [5.74, 6) is 0.435. The van der Waals surface area contributed by atoms with Crippen molar-refractivity contribution in [2.45, 2.75) is 52.4 Å². The lowest BCUT2D eigenvalue weighted by Crippen LogP contribution is -2.17. The maximum Gasteiger partial charge on any atom is 0.123 e. The third-order valence-corrected chi connectivity index (χ3v) is 3.88. The molecule has 0 amide bonds. The molecule has 1 heteroatoms. The van der Waals surface area contributed by atoms with Gasteiger partial charge in [-0.1, -0.05) is 84.0 Å². The molecule has 0 spiro atoms. The molecule has 0 saturated carbocycles. The molecule has 0 saturated heterocycles. The Balaban J connectivity index is 2.56. The Kier molecular flexibility index (Phi) is 4.37. The standard InChI is InChI=1S/C21H27O/c1-20(2,3)17-13-16(12-15-10-8-7-9-11-15)14-18(19(17)22)21(4,5)6/h7-14,22H,1-6H3. The maximum absolute atomic E-state index is 10.7. The molecule has 2 rings (SSSR count). The number of aromatic hydroxyl groups is 1. The van der Waals surface area contributed by atoms with Crippen molar-refractivity contribution in [1.29, 1.82) is 0 Å². The molecule has 0 atom stereocenters. The number of hydrogen-bond donors (Lipinski definition) is 1. The van der Waals surface area contributed by atoms with E-state index in [1.54, 1.807) is 0 Å². The largest absolute Gasteiger partial charge is 0.507 e. The summed E-state index contributed by atoms with van der Waals surface area (Å²) >= 11 is 0. The van der Waals surface area contributed by atoms with Gasteiger partial charge in [0.25, 0.3) is 0 Å². The van der Waals surface area contributed by atoms with Crippen molar-refractivity contribution >= 4 is 0 Å². The smallest absolute Gasteiger partial charge is 0.123 e. The second-order valence-electron chi connectivity index (χ2n) is 8.02. The quantitative estimate of drug-likeness (QED) is 0.766. The minimum absolute atomic E-state index is 0.0926. The molecule has 1 radical (unpaired) electrons. The highest BCUT2D eigenvalue weighted by Crippen LogP contribution is 2.40. The first-order valence-corrected chi connectivity index (χ1v) is 7.87. The molecule has 0 bridgehead atoms. The average Bonchev–Trinajstić information content (AvgIpc) is 2.39. The first-order chi connectivity index (χ1) is 10.1. The lowest BCUT2D eigenvalue weighted by atomic mass is 9.78. The Labute approximate surface area is 135 Å². The zero-order valence-corrected chi connectivity index (χ0v) is 14.6. The van der Waals surface area contributed by atoms with Gasteiger partial charge in [-0.3, -0.25) is 0 Å². The van der Waals surface area contributed by atoms with Crippen LogP contribution in [0.15, 0.2) is 42.5 Å². The zero-order chi connectivity index (χ0) is 16.5. The van der Waals surface area contributed by atoms with Crippen molar-refractivity contribution in [2.75, 3.05) is 0 Å². The summed E-state index contributed by atoms with van der Waals surface area (Å²) in [6, 6.07) is 14.5. The highest BCUT2D eigenvalue weighted by molar-refractivity contribution is 5.53. The van der Waals surface area contributed by atoms with Gasteiger partial charge >= 0.3 is 0 Å². The van der Waals surface area contributed by atoms with Gasteiger partial charge in [-0.25, -0.2) is 0 Å². The maximum atomic E-state index is 10.7. The molecule has 0 aliphatic heterocycles. The van der Waals surface area contributed by atoms with Gasteiger partial charge in [-0.2, -0.15) is 0 Å². The highest BCUT2D eigenvalue weighted by atomic mass is 16.3. The summed E-state index contributed by atoms with van der Waals surface area (Å²) < 4.78 is 0. The third-order valence-electron chi connectivity index (χ3n) is 3.88. The third kappa shape index (κ3) is 3.71. The lowest BCUT2D eigenvalue weighted by molar-refractivity contribution is 0.423. The number of benzene rings is 2. The average molecular weight is 295 g/mol. The van der Waals surface area contributed by atoms with Crippen LogP contribution in [0, 0.1) is 6.42 Å². The second-order valence-corrected chi connectivity index (χ2v) is 8.02. The Morgan fingerprint density at radius 1 is 0.727 bits per heavy atom. The minimum Gasteiger partial charge on any atom is -0.507 e. The number of phenols is 1. The van der Waals surface area contributed by atoms with Crippen molar-refractivity contribution in [3.05, 3.63) is 71.1 Å². The Bertz CT molecular complexity index is 605. The van der Waals surface area contributed by atoms with Gasteiger partial charge in [0.15, 0.2) is 0 Å². The van der Waals surface area contributed by atoms with Crippen LogP contribution in [0.2, 0.25) is 0 Å².